The van der Waals surface area contributed by atoms with Crippen LogP contribution in [0.15, 0.2) is 24.3 Å². The lowest BCUT2D eigenvalue weighted by Gasteiger charge is -2.05. The maximum absolute atomic E-state index is 11.4. The van der Waals surface area contributed by atoms with E-state index in [0.717, 1.165) is 11.3 Å². The van der Waals surface area contributed by atoms with Gasteiger partial charge < -0.3 is 4.74 Å². The van der Waals surface area contributed by atoms with Crippen molar-refractivity contribution in [2.24, 2.45) is 5.41 Å². The van der Waals surface area contributed by atoms with Gasteiger partial charge in [-0.1, -0.05) is 35.3 Å². The van der Waals surface area contributed by atoms with Gasteiger partial charge in [0.25, 0.3) is 0 Å². The van der Waals surface area contributed by atoms with Crippen molar-refractivity contribution in [3.8, 4) is 5.75 Å². The van der Waals surface area contributed by atoms with Crippen molar-refractivity contribution in [2.75, 3.05) is 7.11 Å². The Hall–Kier alpha value is -0.440. The van der Waals surface area contributed by atoms with Gasteiger partial charge in [0.05, 0.1) is 12.5 Å². The van der Waals surface area contributed by atoms with Crippen LogP contribution in [0, 0.1) is 5.41 Å². The minimum Gasteiger partial charge on any atom is -0.497 e. The number of halogens is 3. The quantitative estimate of drug-likeness (QED) is 0.627. The minimum absolute atomic E-state index is 0.283. The SMILES string of the molecule is COc1ccc(C2C(Cl)(Cl)C2(C)C(=O)Cl)cc1. The van der Waals surface area contributed by atoms with E-state index in [0.29, 0.717) is 0 Å². The van der Waals surface area contributed by atoms with Crippen molar-refractivity contribution >= 4 is 40.0 Å². The van der Waals surface area contributed by atoms with Crippen LogP contribution < -0.4 is 4.74 Å². The normalized spacial score (nSPS) is 29.8. The lowest BCUT2D eigenvalue weighted by molar-refractivity contribution is -0.115. The van der Waals surface area contributed by atoms with Gasteiger partial charge in [0, 0.05) is 5.92 Å². The van der Waals surface area contributed by atoms with E-state index in [2.05, 4.69) is 0 Å². The van der Waals surface area contributed by atoms with Crippen molar-refractivity contribution in [3.05, 3.63) is 29.8 Å². The number of hydrogen-bond acceptors (Lipinski definition) is 2. The minimum atomic E-state index is -1.14. The third-order valence-corrected chi connectivity index (χ3v) is 5.02. The lowest BCUT2D eigenvalue weighted by Crippen LogP contribution is -2.12. The van der Waals surface area contributed by atoms with Crippen LogP contribution in [0.2, 0.25) is 0 Å². The molecular weight excluding hydrogens is 282 g/mol. The average Bonchev–Trinajstić information content (AvgIpc) is 2.75. The Kier molecular flexibility index (Phi) is 3.09. The van der Waals surface area contributed by atoms with Crippen LogP contribution in [-0.4, -0.2) is 16.7 Å². The first kappa shape index (κ1) is 13.0. The Morgan fingerprint density at radius 1 is 1.29 bits per heavy atom. The molecule has 0 saturated heterocycles. The zero-order chi connectivity index (χ0) is 12.8. The first-order chi connectivity index (χ1) is 7.85. The van der Waals surface area contributed by atoms with Crippen LogP contribution in [0.5, 0.6) is 5.75 Å². The van der Waals surface area contributed by atoms with Crippen molar-refractivity contribution in [3.63, 3.8) is 0 Å². The summed E-state index contributed by atoms with van der Waals surface area (Å²) in [6.07, 6.45) is 0. The predicted molar refractivity (Wildman–Crippen MR) is 69.1 cm³/mol. The second kappa shape index (κ2) is 4.04. The number of methoxy groups -OCH3 is 1. The van der Waals surface area contributed by atoms with Gasteiger partial charge >= 0.3 is 0 Å². The summed E-state index contributed by atoms with van der Waals surface area (Å²) in [5, 5.41) is -0.511. The monoisotopic (exact) mass is 292 g/mol. The molecule has 5 heteroatoms. The molecule has 0 bridgehead atoms. The van der Waals surface area contributed by atoms with E-state index in [1.165, 1.54) is 0 Å². The van der Waals surface area contributed by atoms with Gasteiger partial charge in [-0.25, -0.2) is 0 Å². The third-order valence-electron chi connectivity index (χ3n) is 3.41. The molecule has 0 aromatic heterocycles. The van der Waals surface area contributed by atoms with Crippen LogP contribution in [0.4, 0.5) is 0 Å². The molecule has 2 atom stereocenters. The number of hydrogen-bond donors (Lipinski definition) is 0. The fourth-order valence-corrected chi connectivity index (χ4v) is 3.44. The number of benzene rings is 1. The molecule has 1 aliphatic rings. The molecule has 2 unspecified atom stereocenters. The molecule has 0 heterocycles. The van der Waals surface area contributed by atoms with E-state index < -0.39 is 15.0 Å². The van der Waals surface area contributed by atoms with Crippen LogP contribution in [0.1, 0.15) is 18.4 Å². The fraction of sp³-hybridized carbons (Fsp3) is 0.417. The van der Waals surface area contributed by atoms with Gasteiger partial charge in [0.2, 0.25) is 5.24 Å². The van der Waals surface area contributed by atoms with Gasteiger partial charge in [-0.15, -0.1) is 0 Å². The molecule has 92 valence electrons. The van der Waals surface area contributed by atoms with Gasteiger partial charge in [-0.2, -0.15) is 0 Å². The molecule has 0 N–H and O–H groups in total. The van der Waals surface area contributed by atoms with Gasteiger partial charge in [0.15, 0.2) is 0 Å². The van der Waals surface area contributed by atoms with Gasteiger partial charge in [-0.05, 0) is 36.2 Å². The Morgan fingerprint density at radius 3 is 2.18 bits per heavy atom. The topological polar surface area (TPSA) is 26.3 Å². The summed E-state index contributed by atoms with van der Waals surface area (Å²) in [6.45, 7) is 1.68. The Balaban J connectivity index is 2.33. The van der Waals surface area contributed by atoms with E-state index in [4.69, 9.17) is 39.5 Å². The summed E-state index contributed by atoms with van der Waals surface area (Å²) < 4.78 is 3.92. The van der Waals surface area contributed by atoms with E-state index in [1.54, 1.807) is 26.2 Å². The zero-order valence-electron chi connectivity index (χ0n) is 9.34. The number of carbonyl (C=O) groups excluding carboxylic acids is 1. The highest BCUT2D eigenvalue weighted by molar-refractivity contribution is 6.69. The molecule has 0 aliphatic heterocycles. The highest BCUT2D eigenvalue weighted by Gasteiger charge is 2.77. The molecule has 2 rings (SSSR count). The summed E-state index contributed by atoms with van der Waals surface area (Å²) in [5.41, 5.74) is -0.0426. The number of carbonyl (C=O) groups is 1. The summed E-state index contributed by atoms with van der Waals surface area (Å²) in [6, 6.07) is 7.29. The number of rotatable bonds is 3. The van der Waals surface area contributed by atoms with Crippen LogP contribution in [-0.2, 0) is 4.79 Å². The van der Waals surface area contributed by atoms with Gasteiger partial charge in [0.1, 0.15) is 10.1 Å². The Morgan fingerprint density at radius 2 is 1.82 bits per heavy atom. The number of ether oxygens (including phenoxy) is 1. The molecule has 1 aromatic carbocycles. The summed E-state index contributed by atoms with van der Waals surface area (Å²) in [4.78, 5) is 11.4. The number of alkyl halides is 2. The molecule has 1 fully saturated rings. The fourth-order valence-electron chi connectivity index (χ4n) is 2.11. The molecule has 2 nitrogen and oxygen atoms in total. The first-order valence-corrected chi connectivity index (χ1v) is 6.20. The van der Waals surface area contributed by atoms with E-state index in [-0.39, 0.29) is 5.92 Å². The average molecular weight is 294 g/mol. The predicted octanol–water partition coefficient (Wildman–Crippen LogP) is 3.74. The molecule has 1 saturated carbocycles. The maximum Gasteiger partial charge on any atom is 0.231 e. The van der Waals surface area contributed by atoms with Crippen molar-refractivity contribution in [1.82, 2.24) is 0 Å². The Bertz CT molecular complexity index is 455. The molecule has 0 amide bonds. The van der Waals surface area contributed by atoms with Crippen LogP contribution >= 0.6 is 34.8 Å². The van der Waals surface area contributed by atoms with Crippen LogP contribution in [0.25, 0.3) is 0 Å². The second-order valence-corrected chi connectivity index (χ2v) is 6.03. The Labute approximate surface area is 115 Å². The highest BCUT2D eigenvalue weighted by atomic mass is 35.5. The van der Waals surface area contributed by atoms with E-state index in [9.17, 15) is 4.79 Å². The molecule has 1 aliphatic carbocycles. The van der Waals surface area contributed by atoms with Gasteiger partial charge in [-0.3, -0.25) is 4.79 Å². The summed E-state index contributed by atoms with van der Waals surface area (Å²) in [5.74, 6) is 0.456. The molecule has 17 heavy (non-hydrogen) atoms. The third kappa shape index (κ3) is 1.74. The molecule has 0 radical (unpaired) electrons. The van der Waals surface area contributed by atoms with E-state index >= 15 is 0 Å². The van der Waals surface area contributed by atoms with Crippen LogP contribution in [0.3, 0.4) is 0 Å². The molecule has 0 spiro atoms. The molecular formula is C12H11Cl3O2. The molecule has 1 aromatic rings. The lowest BCUT2D eigenvalue weighted by atomic mass is 10.0. The van der Waals surface area contributed by atoms with E-state index in [1.807, 2.05) is 12.1 Å². The first-order valence-electron chi connectivity index (χ1n) is 5.07. The maximum atomic E-state index is 11.4. The van der Waals surface area contributed by atoms with Crippen molar-refractivity contribution in [2.45, 2.75) is 17.2 Å². The smallest absolute Gasteiger partial charge is 0.231 e. The highest BCUT2D eigenvalue weighted by Crippen LogP contribution is 2.74. The summed E-state index contributed by atoms with van der Waals surface area (Å²) >= 11 is 17.9. The largest absolute Gasteiger partial charge is 0.497 e. The summed E-state index contributed by atoms with van der Waals surface area (Å²) in [7, 11) is 1.59. The zero-order valence-corrected chi connectivity index (χ0v) is 11.6. The standard InChI is InChI=1S/C12H11Cl3O2/c1-11(10(13)16)9(12(11,14)15)7-3-5-8(17-2)6-4-7/h3-6,9H,1-2H3. The van der Waals surface area contributed by atoms with Crippen molar-refractivity contribution < 1.29 is 9.53 Å². The second-order valence-electron chi connectivity index (χ2n) is 4.31. The van der Waals surface area contributed by atoms with Crippen molar-refractivity contribution in [1.29, 1.82) is 0 Å².